The summed E-state index contributed by atoms with van der Waals surface area (Å²) in [7, 11) is 0. The molecular weight excluding hydrogens is 382 g/mol. The first-order chi connectivity index (χ1) is 14.6. The monoisotopic (exact) mass is 401 g/mol. The first-order valence-electron chi connectivity index (χ1n) is 9.59. The topological polar surface area (TPSA) is 117 Å². The number of nitrogen functional groups attached to an aromatic ring is 1. The van der Waals surface area contributed by atoms with Gasteiger partial charge in [-0.3, -0.25) is 0 Å². The quantitative estimate of drug-likeness (QED) is 0.501. The largest absolute Gasteiger partial charge is 0.465 e. The lowest BCUT2D eigenvalue weighted by molar-refractivity contribution is 0.0980. The second-order valence-corrected chi connectivity index (χ2v) is 6.94. The predicted molar refractivity (Wildman–Crippen MR) is 110 cm³/mol. The highest BCUT2D eigenvalue weighted by molar-refractivity contribution is 5.80. The van der Waals surface area contributed by atoms with Crippen molar-refractivity contribution in [1.82, 2.24) is 29.1 Å². The van der Waals surface area contributed by atoms with Gasteiger partial charge in [0.15, 0.2) is 11.4 Å². The number of anilines is 1. The second-order valence-electron chi connectivity index (χ2n) is 6.94. The summed E-state index contributed by atoms with van der Waals surface area (Å²) in [5, 5.41) is 10.9. The van der Waals surface area contributed by atoms with Crippen LogP contribution >= 0.6 is 0 Å². The van der Waals surface area contributed by atoms with Gasteiger partial charge >= 0.3 is 6.01 Å². The average molecular weight is 401 g/mol. The van der Waals surface area contributed by atoms with Gasteiger partial charge in [-0.1, -0.05) is 11.8 Å². The Bertz CT molecular complexity index is 1310. The molecule has 0 fully saturated rings. The molecule has 5 rings (SSSR count). The van der Waals surface area contributed by atoms with Crippen molar-refractivity contribution in [3.05, 3.63) is 54.2 Å². The van der Waals surface area contributed by atoms with Gasteiger partial charge in [-0.25, -0.2) is 14.5 Å². The zero-order valence-corrected chi connectivity index (χ0v) is 16.3. The van der Waals surface area contributed by atoms with Gasteiger partial charge in [0.25, 0.3) is 0 Å². The molecule has 3 N–H and O–H groups in total. The van der Waals surface area contributed by atoms with Crippen molar-refractivity contribution in [2.75, 3.05) is 12.3 Å². The van der Waals surface area contributed by atoms with E-state index in [-0.39, 0.29) is 5.95 Å². The molecule has 1 aliphatic rings. The van der Waals surface area contributed by atoms with Gasteiger partial charge in [0.05, 0.1) is 17.6 Å². The van der Waals surface area contributed by atoms with Crippen LogP contribution in [0, 0.1) is 11.8 Å². The van der Waals surface area contributed by atoms with Crippen LogP contribution in [-0.2, 0) is 12.1 Å². The summed E-state index contributed by atoms with van der Waals surface area (Å²) in [6.07, 6.45) is 5.62. The minimum atomic E-state index is -1.25. The fourth-order valence-corrected chi connectivity index (χ4v) is 3.61. The summed E-state index contributed by atoms with van der Waals surface area (Å²) in [4.78, 5) is 17.1. The van der Waals surface area contributed by atoms with E-state index < -0.39 is 5.60 Å². The van der Waals surface area contributed by atoms with Crippen LogP contribution in [-0.4, -0.2) is 40.8 Å². The molecule has 150 valence electrons. The fraction of sp³-hybridized carbons (Fsp3) is 0.238. The smallest absolute Gasteiger partial charge is 0.303 e. The van der Waals surface area contributed by atoms with Crippen LogP contribution in [0.1, 0.15) is 24.7 Å². The molecule has 0 radical (unpaired) electrons. The van der Waals surface area contributed by atoms with Crippen LogP contribution in [0.15, 0.2) is 42.9 Å². The van der Waals surface area contributed by atoms with Crippen LogP contribution in [0.2, 0.25) is 0 Å². The summed E-state index contributed by atoms with van der Waals surface area (Å²) in [6, 6.07) is 7.76. The summed E-state index contributed by atoms with van der Waals surface area (Å²) < 4.78 is 9.40. The fourth-order valence-electron chi connectivity index (χ4n) is 3.61. The molecule has 30 heavy (non-hydrogen) atoms. The summed E-state index contributed by atoms with van der Waals surface area (Å²) in [5.41, 5.74) is 6.74. The number of rotatable bonds is 3. The number of nitrogens with zero attached hydrogens (tertiary/aromatic N) is 6. The van der Waals surface area contributed by atoms with E-state index in [4.69, 9.17) is 10.5 Å². The highest BCUT2D eigenvalue weighted by Gasteiger charge is 2.37. The van der Waals surface area contributed by atoms with Crippen molar-refractivity contribution < 1.29 is 9.84 Å². The maximum atomic E-state index is 10.9. The SMILES string of the molecule is CCOc1nc2ccc(C#C[C@@]3(O)CCn4ccnc43)cc2n1-c1ccnc(N)n1. The Balaban J connectivity index is 1.61. The third-order valence-electron chi connectivity index (χ3n) is 5.00. The molecule has 0 saturated carbocycles. The van der Waals surface area contributed by atoms with Crippen LogP contribution in [0.4, 0.5) is 5.95 Å². The Hall–Kier alpha value is -3.90. The van der Waals surface area contributed by atoms with Crippen molar-refractivity contribution in [1.29, 1.82) is 0 Å². The van der Waals surface area contributed by atoms with E-state index in [0.717, 1.165) is 16.6 Å². The molecule has 0 spiro atoms. The minimum Gasteiger partial charge on any atom is -0.465 e. The summed E-state index contributed by atoms with van der Waals surface area (Å²) in [6.45, 7) is 3.04. The van der Waals surface area contributed by atoms with Gasteiger partial charge in [-0.15, -0.1) is 0 Å². The van der Waals surface area contributed by atoms with E-state index in [0.29, 0.717) is 37.2 Å². The van der Waals surface area contributed by atoms with Crippen molar-refractivity contribution in [3.8, 4) is 23.7 Å². The van der Waals surface area contributed by atoms with Gasteiger partial charge in [0, 0.05) is 43.2 Å². The Morgan fingerprint density at radius 1 is 1.23 bits per heavy atom. The molecule has 9 nitrogen and oxygen atoms in total. The molecule has 4 heterocycles. The van der Waals surface area contributed by atoms with Crippen LogP contribution in [0.3, 0.4) is 0 Å². The zero-order chi connectivity index (χ0) is 20.7. The molecule has 0 saturated heterocycles. The molecule has 1 atom stereocenters. The lowest BCUT2D eigenvalue weighted by atomic mass is 10.0. The van der Waals surface area contributed by atoms with Crippen molar-refractivity contribution in [3.63, 3.8) is 0 Å². The van der Waals surface area contributed by atoms with Gasteiger partial charge in [-0.05, 0) is 25.1 Å². The highest BCUT2D eigenvalue weighted by atomic mass is 16.5. The number of hydrogen-bond acceptors (Lipinski definition) is 7. The normalized spacial score (nSPS) is 17.5. The van der Waals surface area contributed by atoms with Crippen molar-refractivity contribution >= 4 is 17.0 Å². The Labute approximate surface area is 172 Å². The molecular formula is C21H19N7O2. The Morgan fingerprint density at radius 2 is 2.13 bits per heavy atom. The molecule has 0 bridgehead atoms. The summed E-state index contributed by atoms with van der Waals surface area (Å²) in [5.74, 6) is 7.38. The minimum absolute atomic E-state index is 0.159. The van der Waals surface area contributed by atoms with E-state index in [1.807, 2.05) is 35.9 Å². The molecule has 4 aromatic rings. The number of benzene rings is 1. The average Bonchev–Trinajstić information content (AvgIpc) is 3.42. The number of fused-ring (bicyclic) bond motifs is 2. The van der Waals surface area contributed by atoms with Crippen molar-refractivity contribution in [2.45, 2.75) is 25.5 Å². The first-order valence-corrected chi connectivity index (χ1v) is 9.59. The predicted octanol–water partition coefficient (Wildman–Crippen LogP) is 1.64. The number of hydrogen-bond donors (Lipinski definition) is 2. The second kappa shape index (κ2) is 6.86. The molecule has 1 aromatic carbocycles. The number of aromatic nitrogens is 6. The first kappa shape index (κ1) is 18.1. The molecule has 0 aliphatic carbocycles. The van der Waals surface area contributed by atoms with Crippen LogP contribution < -0.4 is 10.5 Å². The number of nitrogens with two attached hydrogens (primary N) is 1. The van der Waals surface area contributed by atoms with E-state index in [9.17, 15) is 5.11 Å². The maximum Gasteiger partial charge on any atom is 0.303 e. The standard InChI is InChI=1S/C21H19N7O2/c1-2-30-20-25-15-4-3-14(5-7-21(29)8-11-27-12-10-23-18(21)27)13-16(15)28(20)17-6-9-24-19(22)26-17/h3-4,6,9-10,12-13,29H,2,8,11H2,1H3,(H2,22,24,26)/t21-/m1/s1. The summed E-state index contributed by atoms with van der Waals surface area (Å²) >= 11 is 0. The third kappa shape index (κ3) is 2.94. The molecule has 0 amide bonds. The number of ether oxygens (including phenoxy) is 1. The van der Waals surface area contributed by atoms with Gasteiger partial charge < -0.3 is 20.1 Å². The molecule has 9 heteroatoms. The molecule has 0 unspecified atom stereocenters. The van der Waals surface area contributed by atoms with Gasteiger partial charge in [0.1, 0.15) is 5.82 Å². The Morgan fingerprint density at radius 3 is 2.97 bits per heavy atom. The third-order valence-corrected chi connectivity index (χ3v) is 5.00. The van der Waals surface area contributed by atoms with Crippen molar-refractivity contribution in [2.24, 2.45) is 0 Å². The maximum absolute atomic E-state index is 10.9. The molecule has 3 aromatic heterocycles. The zero-order valence-electron chi connectivity index (χ0n) is 16.3. The lowest BCUT2D eigenvalue weighted by Crippen LogP contribution is -2.20. The van der Waals surface area contributed by atoms with Crippen LogP contribution in [0.5, 0.6) is 6.01 Å². The van der Waals surface area contributed by atoms with Gasteiger partial charge in [-0.2, -0.15) is 9.97 Å². The number of imidazole rings is 2. The van der Waals surface area contributed by atoms with Gasteiger partial charge in [0.2, 0.25) is 5.95 Å². The molecule has 1 aliphatic heterocycles. The van der Waals surface area contributed by atoms with Crippen LogP contribution in [0.25, 0.3) is 16.9 Å². The highest BCUT2D eigenvalue weighted by Crippen LogP contribution is 2.31. The number of aliphatic hydroxyl groups is 1. The van der Waals surface area contributed by atoms with E-state index >= 15 is 0 Å². The van der Waals surface area contributed by atoms with E-state index in [1.165, 1.54) is 0 Å². The number of aryl methyl sites for hydroxylation is 1. The lowest BCUT2D eigenvalue weighted by Gasteiger charge is -2.12. The van der Waals surface area contributed by atoms with E-state index in [2.05, 4.69) is 31.8 Å². The van der Waals surface area contributed by atoms with E-state index in [1.54, 1.807) is 23.0 Å². The Kier molecular flexibility index (Phi) is 4.15.